The normalized spacial score (nSPS) is 31.8. The molecule has 1 amide bonds. The zero-order chi connectivity index (χ0) is 22.7. The lowest BCUT2D eigenvalue weighted by Crippen LogP contribution is -2.57. The van der Waals surface area contributed by atoms with Gasteiger partial charge in [0.25, 0.3) is 5.91 Å². The first-order chi connectivity index (χ1) is 15.3. The summed E-state index contributed by atoms with van der Waals surface area (Å²) in [5, 5.41) is 3.89. The van der Waals surface area contributed by atoms with Crippen molar-refractivity contribution in [3.05, 3.63) is 29.3 Å². The zero-order valence-electron chi connectivity index (χ0n) is 18.5. The summed E-state index contributed by atoms with van der Waals surface area (Å²) in [6, 6.07) is 5.98. The van der Waals surface area contributed by atoms with Crippen LogP contribution < -0.4 is 10.1 Å². The van der Waals surface area contributed by atoms with Crippen LogP contribution in [0, 0.1) is 11.3 Å². The molecule has 1 aromatic rings. The molecule has 0 radical (unpaired) electrons. The highest BCUT2D eigenvalue weighted by Gasteiger charge is 2.67. The number of hydrogen-bond acceptors (Lipinski definition) is 4. The molecule has 0 aromatic heterocycles. The van der Waals surface area contributed by atoms with Crippen LogP contribution in [0.5, 0.6) is 5.75 Å². The molecule has 0 bridgehead atoms. The molecule has 8 heteroatoms. The summed E-state index contributed by atoms with van der Waals surface area (Å²) in [7, 11) is 0. The Kier molecular flexibility index (Phi) is 5.44. The van der Waals surface area contributed by atoms with Gasteiger partial charge in [-0.25, -0.2) is 0 Å². The van der Waals surface area contributed by atoms with Crippen LogP contribution in [0.25, 0.3) is 0 Å². The lowest BCUT2D eigenvalue weighted by atomic mass is 9.61. The Morgan fingerprint density at radius 1 is 1.22 bits per heavy atom. The third-order valence-corrected chi connectivity index (χ3v) is 8.05. The second-order valence-corrected chi connectivity index (χ2v) is 10.5. The molecular weight excluding hydrogens is 434 g/mol. The van der Waals surface area contributed by atoms with Crippen molar-refractivity contribution >= 4 is 23.2 Å². The average molecular weight is 465 g/mol. The fourth-order valence-corrected chi connectivity index (χ4v) is 6.41. The Hall–Kier alpha value is -1.80. The number of carbonyl (C=O) groups is 1. The summed E-state index contributed by atoms with van der Waals surface area (Å²) >= 11 is 5.63. The summed E-state index contributed by atoms with van der Waals surface area (Å²) in [5.74, 6) is 1.36. The SMILES string of the molecule is CC(C)N1C(=O)C2(NC1=S)c1cc(OCC3CC3)ccc1CC21CCC(OC(F)F)CC1. The second kappa shape index (κ2) is 7.90. The number of carbonyl (C=O) groups excluding carboxylic acids is 1. The van der Waals surface area contributed by atoms with Crippen LogP contribution in [-0.2, 0) is 21.5 Å². The molecule has 1 saturated heterocycles. The van der Waals surface area contributed by atoms with Gasteiger partial charge in [0.05, 0.1) is 12.7 Å². The number of amides is 1. The maximum atomic E-state index is 14.0. The summed E-state index contributed by atoms with van der Waals surface area (Å²) < 4.78 is 36.5. The van der Waals surface area contributed by atoms with Crippen LogP contribution in [0.15, 0.2) is 18.2 Å². The summed E-state index contributed by atoms with van der Waals surface area (Å²) in [6.07, 6.45) is 4.86. The van der Waals surface area contributed by atoms with Crippen LogP contribution in [0.2, 0.25) is 0 Å². The van der Waals surface area contributed by atoms with E-state index in [4.69, 9.17) is 21.7 Å². The first-order valence-corrected chi connectivity index (χ1v) is 12.0. The summed E-state index contributed by atoms with van der Waals surface area (Å²) in [4.78, 5) is 15.7. The molecular formula is C24H30F2N2O3S. The molecule has 3 aliphatic carbocycles. The van der Waals surface area contributed by atoms with Gasteiger partial charge in [0.2, 0.25) is 0 Å². The first-order valence-electron chi connectivity index (χ1n) is 11.6. The topological polar surface area (TPSA) is 50.8 Å². The molecule has 5 nitrogen and oxygen atoms in total. The lowest BCUT2D eigenvalue weighted by molar-refractivity contribution is -0.179. The molecule has 32 heavy (non-hydrogen) atoms. The lowest BCUT2D eigenvalue weighted by Gasteiger charge is -2.46. The molecule has 3 fully saturated rings. The second-order valence-electron chi connectivity index (χ2n) is 10.1. The number of alkyl halides is 2. The number of rotatable bonds is 6. The van der Waals surface area contributed by atoms with E-state index in [1.165, 1.54) is 12.8 Å². The van der Waals surface area contributed by atoms with Crippen molar-refractivity contribution in [3.8, 4) is 5.75 Å². The minimum absolute atomic E-state index is 0.0381. The molecule has 1 atom stereocenters. The summed E-state index contributed by atoms with van der Waals surface area (Å²) in [5.41, 5.74) is 0.608. The van der Waals surface area contributed by atoms with Crippen LogP contribution in [-0.4, -0.2) is 41.3 Å². The minimum atomic E-state index is -2.77. The molecule has 1 N–H and O–H groups in total. The van der Waals surface area contributed by atoms with Crippen molar-refractivity contribution in [2.75, 3.05) is 6.61 Å². The minimum Gasteiger partial charge on any atom is -0.493 e. The van der Waals surface area contributed by atoms with E-state index in [-0.39, 0.29) is 11.9 Å². The zero-order valence-corrected chi connectivity index (χ0v) is 19.4. The molecule has 5 rings (SSSR count). The quantitative estimate of drug-likeness (QED) is 0.628. The molecule has 174 valence electrons. The third-order valence-electron chi connectivity index (χ3n) is 7.75. The van der Waals surface area contributed by atoms with E-state index >= 15 is 0 Å². The fraction of sp³-hybridized carbons (Fsp3) is 0.667. The van der Waals surface area contributed by atoms with E-state index in [0.717, 1.165) is 16.9 Å². The van der Waals surface area contributed by atoms with Crippen molar-refractivity contribution in [1.82, 2.24) is 10.2 Å². The maximum Gasteiger partial charge on any atom is 0.345 e. The van der Waals surface area contributed by atoms with Gasteiger partial charge in [-0.1, -0.05) is 6.07 Å². The standard InChI is InChI=1S/C24H30F2N2O3S/c1-14(2)28-20(29)24(27-22(28)32)19-11-18(30-13-15-3-4-15)6-5-16(19)12-23(24)9-7-17(8-10-23)31-21(25)26/h5-6,11,14-15,17,21H,3-4,7-10,12-13H2,1-2H3,(H,27,32). The predicted octanol–water partition coefficient (Wildman–Crippen LogP) is 4.52. The van der Waals surface area contributed by atoms with Gasteiger partial charge in [-0.05, 0) is 100 Å². The van der Waals surface area contributed by atoms with Crippen molar-refractivity contribution in [1.29, 1.82) is 0 Å². The van der Waals surface area contributed by atoms with Crippen LogP contribution in [0.3, 0.4) is 0 Å². The van der Waals surface area contributed by atoms with Crippen LogP contribution >= 0.6 is 12.2 Å². The van der Waals surface area contributed by atoms with E-state index in [9.17, 15) is 13.6 Å². The Balaban J connectivity index is 1.53. The monoisotopic (exact) mass is 464 g/mol. The molecule has 1 aromatic carbocycles. The molecule has 1 heterocycles. The van der Waals surface area contributed by atoms with E-state index < -0.39 is 23.7 Å². The highest BCUT2D eigenvalue weighted by molar-refractivity contribution is 7.80. The van der Waals surface area contributed by atoms with E-state index in [1.807, 2.05) is 26.0 Å². The number of thiocarbonyl (C=S) groups is 1. The van der Waals surface area contributed by atoms with Crippen LogP contribution in [0.1, 0.15) is 63.5 Å². The Labute approximate surface area is 192 Å². The number of fused-ring (bicyclic) bond motifs is 3. The molecule has 2 saturated carbocycles. The number of benzene rings is 1. The van der Waals surface area contributed by atoms with Gasteiger partial charge >= 0.3 is 6.61 Å². The van der Waals surface area contributed by atoms with E-state index in [2.05, 4.69) is 11.4 Å². The van der Waals surface area contributed by atoms with Gasteiger partial charge in [-0.15, -0.1) is 0 Å². The number of ether oxygens (including phenoxy) is 2. The van der Waals surface area contributed by atoms with Crippen molar-refractivity contribution in [3.63, 3.8) is 0 Å². The van der Waals surface area contributed by atoms with Gasteiger partial charge in [0, 0.05) is 11.5 Å². The highest BCUT2D eigenvalue weighted by Crippen LogP contribution is 2.60. The fourth-order valence-electron chi connectivity index (χ4n) is 5.97. The average Bonchev–Trinajstić information content (AvgIpc) is 3.47. The predicted molar refractivity (Wildman–Crippen MR) is 120 cm³/mol. The van der Waals surface area contributed by atoms with E-state index in [0.29, 0.717) is 49.7 Å². The largest absolute Gasteiger partial charge is 0.493 e. The van der Waals surface area contributed by atoms with Crippen LogP contribution in [0.4, 0.5) is 8.78 Å². The number of nitrogens with zero attached hydrogens (tertiary/aromatic N) is 1. The highest BCUT2D eigenvalue weighted by atomic mass is 32.1. The van der Waals surface area contributed by atoms with Crippen molar-refractivity contribution in [2.45, 2.75) is 83.1 Å². The Morgan fingerprint density at radius 3 is 2.53 bits per heavy atom. The first kappa shape index (κ1) is 22.0. The van der Waals surface area contributed by atoms with Crippen molar-refractivity contribution < 1.29 is 23.0 Å². The molecule has 1 unspecified atom stereocenters. The third kappa shape index (κ3) is 3.41. The molecule has 4 aliphatic rings. The Morgan fingerprint density at radius 2 is 1.94 bits per heavy atom. The van der Waals surface area contributed by atoms with Crippen molar-refractivity contribution in [2.24, 2.45) is 11.3 Å². The number of nitrogens with one attached hydrogen (secondary N) is 1. The summed E-state index contributed by atoms with van der Waals surface area (Å²) in [6.45, 7) is 1.83. The van der Waals surface area contributed by atoms with Gasteiger partial charge in [-0.3, -0.25) is 9.69 Å². The number of hydrogen-bond donors (Lipinski definition) is 1. The van der Waals surface area contributed by atoms with Gasteiger partial charge < -0.3 is 14.8 Å². The van der Waals surface area contributed by atoms with Gasteiger partial charge in [0.1, 0.15) is 5.75 Å². The van der Waals surface area contributed by atoms with Gasteiger partial charge in [0.15, 0.2) is 10.7 Å². The smallest absolute Gasteiger partial charge is 0.345 e. The number of halogens is 2. The molecule has 2 spiro atoms. The van der Waals surface area contributed by atoms with Gasteiger partial charge in [-0.2, -0.15) is 8.78 Å². The maximum absolute atomic E-state index is 14.0. The Bertz CT molecular complexity index is 928. The molecule has 1 aliphatic heterocycles. The van der Waals surface area contributed by atoms with E-state index in [1.54, 1.807) is 4.90 Å².